The lowest BCUT2D eigenvalue weighted by molar-refractivity contribution is -0.0246. The van der Waals surface area contributed by atoms with E-state index in [0.29, 0.717) is 42.6 Å². The molecule has 1 N–H and O–H groups in total. The Morgan fingerprint density at radius 3 is 3.00 bits per heavy atom. The zero-order valence-electron chi connectivity index (χ0n) is 15.9. The highest BCUT2D eigenvalue weighted by molar-refractivity contribution is 7.11. The molecule has 1 amide bonds. The Balaban J connectivity index is 1.33. The maximum atomic E-state index is 12.7. The summed E-state index contributed by atoms with van der Waals surface area (Å²) >= 11 is 7.25. The van der Waals surface area contributed by atoms with Crippen LogP contribution in [0.5, 0.6) is 5.75 Å². The average molecular weight is 433 g/mol. The van der Waals surface area contributed by atoms with E-state index in [1.165, 1.54) is 11.3 Å². The van der Waals surface area contributed by atoms with Crippen LogP contribution in [0.2, 0.25) is 5.02 Å². The summed E-state index contributed by atoms with van der Waals surface area (Å²) in [5, 5.41) is 8.10. The Kier molecular flexibility index (Phi) is 6.13. The molecule has 9 heteroatoms. The molecule has 0 aliphatic carbocycles. The second-order valence-electron chi connectivity index (χ2n) is 6.75. The SMILES string of the molecule is Cc1ncsc1C(=O)N1CCO[C@H](c2cc(CCOc3ccc(Cl)cc3)[nH]n2)C1. The van der Waals surface area contributed by atoms with Gasteiger partial charge in [-0.25, -0.2) is 4.98 Å². The number of thiazole rings is 1. The minimum absolute atomic E-state index is 0.00502. The number of aromatic nitrogens is 3. The monoisotopic (exact) mass is 432 g/mol. The van der Waals surface area contributed by atoms with Gasteiger partial charge in [0.2, 0.25) is 0 Å². The second kappa shape index (κ2) is 8.94. The van der Waals surface area contributed by atoms with Crippen LogP contribution in [0.3, 0.4) is 0 Å². The molecule has 1 fully saturated rings. The Morgan fingerprint density at radius 2 is 2.24 bits per heavy atom. The highest BCUT2D eigenvalue weighted by Crippen LogP contribution is 2.24. The minimum Gasteiger partial charge on any atom is -0.493 e. The molecule has 3 heterocycles. The maximum Gasteiger partial charge on any atom is 0.266 e. The van der Waals surface area contributed by atoms with E-state index >= 15 is 0 Å². The van der Waals surface area contributed by atoms with E-state index in [1.54, 1.807) is 17.6 Å². The molecular formula is C20H21ClN4O3S. The highest BCUT2D eigenvalue weighted by atomic mass is 35.5. The second-order valence-corrected chi connectivity index (χ2v) is 8.04. The summed E-state index contributed by atoms with van der Waals surface area (Å²) in [6.45, 7) is 3.90. The topological polar surface area (TPSA) is 80.3 Å². The summed E-state index contributed by atoms with van der Waals surface area (Å²) in [6.07, 6.45) is 0.438. The summed E-state index contributed by atoms with van der Waals surface area (Å²) in [7, 11) is 0. The van der Waals surface area contributed by atoms with E-state index in [-0.39, 0.29) is 12.0 Å². The van der Waals surface area contributed by atoms with Crippen LogP contribution >= 0.6 is 22.9 Å². The number of hydrogen-bond acceptors (Lipinski definition) is 6. The third kappa shape index (κ3) is 4.77. The van der Waals surface area contributed by atoms with E-state index < -0.39 is 0 Å². The summed E-state index contributed by atoms with van der Waals surface area (Å²) in [5.74, 6) is 0.780. The Labute approximate surface area is 177 Å². The first-order chi connectivity index (χ1) is 14.1. The molecule has 4 rings (SSSR count). The molecule has 3 aromatic rings. The number of nitrogens with one attached hydrogen (secondary N) is 1. The molecule has 7 nitrogen and oxygen atoms in total. The number of nitrogens with zero attached hydrogens (tertiary/aromatic N) is 3. The van der Waals surface area contributed by atoms with Crippen molar-refractivity contribution in [2.24, 2.45) is 0 Å². The molecule has 2 aromatic heterocycles. The van der Waals surface area contributed by atoms with Crippen molar-refractivity contribution in [1.29, 1.82) is 0 Å². The summed E-state index contributed by atoms with van der Waals surface area (Å²) in [5.41, 5.74) is 4.22. The van der Waals surface area contributed by atoms with Crippen molar-refractivity contribution in [2.75, 3.05) is 26.3 Å². The van der Waals surface area contributed by atoms with Crippen molar-refractivity contribution in [1.82, 2.24) is 20.1 Å². The van der Waals surface area contributed by atoms with Crippen molar-refractivity contribution < 1.29 is 14.3 Å². The van der Waals surface area contributed by atoms with Crippen molar-refractivity contribution in [3.8, 4) is 5.75 Å². The molecular weight excluding hydrogens is 412 g/mol. The number of morpholine rings is 1. The van der Waals surface area contributed by atoms with Crippen LogP contribution in [0.4, 0.5) is 0 Å². The van der Waals surface area contributed by atoms with E-state index in [4.69, 9.17) is 21.1 Å². The molecule has 1 atom stereocenters. The third-order valence-corrected chi connectivity index (χ3v) is 5.90. The number of benzene rings is 1. The first kappa shape index (κ1) is 19.9. The zero-order valence-corrected chi connectivity index (χ0v) is 17.5. The van der Waals surface area contributed by atoms with Crippen molar-refractivity contribution >= 4 is 28.8 Å². The molecule has 0 spiro atoms. The fourth-order valence-electron chi connectivity index (χ4n) is 3.15. The molecule has 0 saturated carbocycles. The van der Waals surface area contributed by atoms with Gasteiger partial charge in [-0.15, -0.1) is 11.3 Å². The Hall–Kier alpha value is -2.42. The number of halogens is 1. The van der Waals surface area contributed by atoms with Gasteiger partial charge in [0.15, 0.2) is 0 Å². The number of ether oxygens (including phenoxy) is 2. The standard InChI is InChI=1S/C20H21ClN4O3S/c1-13-19(29-12-22-13)20(26)25-7-9-28-18(11-25)17-10-15(23-24-17)6-8-27-16-4-2-14(21)3-5-16/h2-5,10,12,18H,6-9,11H2,1H3,(H,23,24)/t18-/m0/s1. The maximum absolute atomic E-state index is 12.7. The molecule has 1 aliphatic heterocycles. The van der Waals surface area contributed by atoms with Gasteiger partial charge in [0.1, 0.15) is 16.7 Å². The smallest absolute Gasteiger partial charge is 0.266 e. The Bertz CT molecular complexity index is 972. The van der Waals surface area contributed by atoms with Gasteiger partial charge in [-0.05, 0) is 37.3 Å². The van der Waals surface area contributed by atoms with Crippen LogP contribution in [0.1, 0.15) is 32.9 Å². The minimum atomic E-state index is -0.247. The summed E-state index contributed by atoms with van der Waals surface area (Å²) in [4.78, 5) is 19.4. The van der Waals surface area contributed by atoms with E-state index in [2.05, 4.69) is 15.2 Å². The number of amides is 1. The number of H-pyrrole nitrogens is 1. The molecule has 0 unspecified atom stereocenters. The predicted octanol–water partition coefficient (Wildman–Crippen LogP) is 3.66. The van der Waals surface area contributed by atoms with Crippen LogP contribution < -0.4 is 4.74 Å². The highest BCUT2D eigenvalue weighted by Gasteiger charge is 2.29. The van der Waals surface area contributed by atoms with Gasteiger partial charge in [-0.1, -0.05) is 11.6 Å². The van der Waals surface area contributed by atoms with E-state index in [0.717, 1.165) is 22.8 Å². The van der Waals surface area contributed by atoms with Crippen LogP contribution in [0, 0.1) is 6.92 Å². The zero-order chi connectivity index (χ0) is 20.2. The van der Waals surface area contributed by atoms with Crippen molar-refractivity contribution in [3.63, 3.8) is 0 Å². The van der Waals surface area contributed by atoms with Gasteiger partial charge in [0.25, 0.3) is 5.91 Å². The normalized spacial score (nSPS) is 16.8. The van der Waals surface area contributed by atoms with Crippen LogP contribution in [-0.2, 0) is 11.2 Å². The van der Waals surface area contributed by atoms with Crippen LogP contribution in [0.25, 0.3) is 0 Å². The molecule has 1 saturated heterocycles. The number of rotatable bonds is 6. The van der Waals surface area contributed by atoms with Gasteiger partial charge < -0.3 is 14.4 Å². The number of carbonyl (C=O) groups excluding carboxylic acids is 1. The lowest BCUT2D eigenvalue weighted by Crippen LogP contribution is -2.42. The fraction of sp³-hybridized carbons (Fsp3) is 0.350. The third-order valence-electron chi connectivity index (χ3n) is 4.73. The average Bonchev–Trinajstić information content (AvgIpc) is 3.38. The first-order valence-electron chi connectivity index (χ1n) is 9.33. The van der Waals surface area contributed by atoms with Gasteiger partial charge in [0, 0.05) is 23.7 Å². The number of aromatic amines is 1. The molecule has 0 radical (unpaired) electrons. The molecule has 29 heavy (non-hydrogen) atoms. The first-order valence-corrected chi connectivity index (χ1v) is 10.6. The molecule has 152 valence electrons. The van der Waals surface area contributed by atoms with Crippen molar-refractivity contribution in [3.05, 3.63) is 62.8 Å². The molecule has 1 aromatic carbocycles. The molecule has 1 aliphatic rings. The van der Waals surface area contributed by atoms with Gasteiger partial charge in [-0.2, -0.15) is 5.10 Å². The number of carbonyl (C=O) groups is 1. The van der Waals surface area contributed by atoms with Gasteiger partial charge in [-0.3, -0.25) is 9.89 Å². The van der Waals surface area contributed by atoms with Gasteiger partial charge >= 0.3 is 0 Å². The number of aryl methyl sites for hydroxylation is 1. The van der Waals surface area contributed by atoms with E-state index in [9.17, 15) is 4.79 Å². The number of hydrogen-bond donors (Lipinski definition) is 1. The quantitative estimate of drug-likeness (QED) is 0.642. The van der Waals surface area contributed by atoms with Crippen LogP contribution in [-0.4, -0.2) is 52.3 Å². The Morgan fingerprint density at radius 1 is 1.41 bits per heavy atom. The summed E-state index contributed by atoms with van der Waals surface area (Å²) < 4.78 is 11.6. The molecule has 0 bridgehead atoms. The van der Waals surface area contributed by atoms with Gasteiger partial charge in [0.05, 0.1) is 36.7 Å². The fourth-order valence-corrected chi connectivity index (χ4v) is 4.04. The lowest BCUT2D eigenvalue weighted by atomic mass is 10.1. The van der Waals surface area contributed by atoms with Crippen molar-refractivity contribution in [2.45, 2.75) is 19.4 Å². The predicted molar refractivity (Wildman–Crippen MR) is 111 cm³/mol. The largest absolute Gasteiger partial charge is 0.493 e. The summed E-state index contributed by atoms with van der Waals surface area (Å²) in [6, 6.07) is 9.25. The lowest BCUT2D eigenvalue weighted by Gasteiger charge is -2.31. The van der Waals surface area contributed by atoms with Crippen LogP contribution in [0.15, 0.2) is 35.8 Å². The van der Waals surface area contributed by atoms with E-state index in [1.807, 2.05) is 30.0 Å².